The summed E-state index contributed by atoms with van der Waals surface area (Å²) in [6.45, 7) is 1.62. The lowest BCUT2D eigenvalue weighted by atomic mass is 10.1. The number of carbonyl (C=O) groups is 2. The first-order valence-electron chi connectivity index (χ1n) is 10.0. The van der Waals surface area contributed by atoms with Gasteiger partial charge in [0.05, 0.1) is 25.9 Å². The van der Waals surface area contributed by atoms with Crippen LogP contribution in [-0.4, -0.2) is 32.0 Å². The van der Waals surface area contributed by atoms with Gasteiger partial charge in [0, 0.05) is 27.5 Å². The van der Waals surface area contributed by atoms with Crippen molar-refractivity contribution in [3.05, 3.63) is 65.2 Å². The SMILES string of the molecule is COc1cc2c(cc1NCC(=O)NCC(=O)Nc1cccc(Cl)c1C)oc1ccccc12. The number of amides is 2. The fraction of sp³-hybridized carbons (Fsp3) is 0.167. The molecule has 4 rings (SSSR count). The molecule has 0 saturated heterocycles. The topological polar surface area (TPSA) is 92.6 Å². The molecule has 1 aromatic heterocycles. The van der Waals surface area contributed by atoms with Gasteiger partial charge >= 0.3 is 0 Å². The van der Waals surface area contributed by atoms with Gasteiger partial charge in [-0.3, -0.25) is 9.59 Å². The van der Waals surface area contributed by atoms with E-state index in [9.17, 15) is 9.59 Å². The molecule has 0 aliphatic rings. The molecule has 164 valence electrons. The van der Waals surface area contributed by atoms with E-state index in [0.717, 1.165) is 21.9 Å². The minimum absolute atomic E-state index is 0.0361. The average molecular weight is 452 g/mol. The van der Waals surface area contributed by atoms with Crippen LogP contribution in [-0.2, 0) is 9.59 Å². The van der Waals surface area contributed by atoms with E-state index in [4.69, 9.17) is 20.8 Å². The third kappa shape index (κ3) is 4.48. The number of halogens is 1. The number of ether oxygens (including phenoxy) is 1. The van der Waals surface area contributed by atoms with Crippen molar-refractivity contribution in [2.45, 2.75) is 6.92 Å². The maximum atomic E-state index is 12.3. The van der Waals surface area contributed by atoms with E-state index in [-0.39, 0.29) is 24.9 Å². The lowest BCUT2D eigenvalue weighted by Gasteiger charge is -2.12. The third-order valence-corrected chi connectivity index (χ3v) is 5.54. The second-order valence-electron chi connectivity index (χ2n) is 7.24. The Morgan fingerprint density at radius 2 is 1.75 bits per heavy atom. The molecule has 1 heterocycles. The van der Waals surface area contributed by atoms with Crippen molar-refractivity contribution in [2.24, 2.45) is 0 Å². The maximum absolute atomic E-state index is 12.3. The summed E-state index contributed by atoms with van der Waals surface area (Å²) in [7, 11) is 1.57. The highest BCUT2D eigenvalue weighted by molar-refractivity contribution is 6.31. The van der Waals surface area contributed by atoms with Crippen molar-refractivity contribution in [3.8, 4) is 5.75 Å². The first-order valence-corrected chi connectivity index (χ1v) is 10.4. The lowest BCUT2D eigenvalue weighted by molar-refractivity contribution is -0.122. The predicted octanol–water partition coefficient (Wildman–Crippen LogP) is 4.72. The normalized spacial score (nSPS) is 10.8. The van der Waals surface area contributed by atoms with Gasteiger partial charge in [-0.05, 0) is 36.8 Å². The molecule has 4 aromatic rings. The number of carbonyl (C=O) groups excluding carboxylic acids is 2. The van der Waals surface area contributed by atoms with Crippen LogP contribution in [0.25, 0.3) is 21.9 Å². The highest BCUT2D eigenvalue weighted by atomic mass is 35.5. The van der Waals surface area contributed by atoms with Gasteiger partial charge in [-0.1, -0.05) is 35.9 Å². The number of nitrogens with one attached hydrogen (secondary N) is 3. The highest BCUT2D eigenvalue weighted by Gasteiger charge is 2.13. The summed E-state index contributed by atoms with van der Waals surface area (Å²) < 4.78 is 11.4. The van der Waals surface area contributed by atoms with Crippen molar-refractivity contribution in [1.29, 1.82) is 0 Å². The summed E-state index contributed by atoms with van der Waals surface area (Å²) in [4.78, 5) is 24.4. The van der Waals surface area contributed by atoms with Crippen molar-refractivity contribution >= 4 is 56.7 Å². The molecule has 32 heavy (non-hydrogen) atoms. The van der Waals surface area contributed by atoms with Crippen LogP contribution in [0.15, 0.2) is 59.0 Å². The van der Waals surface area contributed by atoms with Crippen LogP contribution in [0.4, 0.5) is 11.4 Å². The van der Waals surface area contributed by atoms with E-state index in [0.29, 0.717) is 27.7 Å². The largest absolute Gasteiger partial charge is 0.495 e. The summed E-state index contributed by atoms with van der Waals surface area (Å²) in [5.41, 5.74) is 3.46. The van der Waals surface area contributed by atoms with E-state index in [1.54, 1.807) is 31.4 Å². The number of fused-ring (bicyclic) bond motifs is 3. The number of hydrogen-bond donors (Lipinski definition) is 3. The smallest absolute Gasteiger partial charge is 0.243 e. The number of methoxy groups -OCH3 is 1. The molecule has 0 bridgehead atoms. The molecule has 0 unspecified atom stereocenters. The lowest BCUT2D eigenvalue weighted by Crippen LogP contribution is -2.36. The van der Waals surface area contributed by atoms with Crippen LogP contribution >= 0.6 is 11.6 Å². The maximum Gasteiger partial charge on any atom is 0.243 e. The molecule has 0 aliphatic carbocycles. The first kappa shape index (κ1) is 21.5. The third-order valence-electron chi connectivity index (χ3n) is 5.13. The number of anilines is 2. The summed E-state index contributed by atoms with van der Waals surface area (Å²) in [5.74, 6) is -0.0919. The second-order valence-corrected chi connectivity index (χ2v) is 7.64. The number of benzene rings is 3. The number of rotatable bonds is 7. The number of hydrogen-bond acceptors (Lipinski definition) is 5. The van der Waals surface area contributed by atoms with Gasteiger partial charge < -0.3 is 25.1 Å². The Hall–Kier alpha value is -3.71. The van der Waals surface area contributed by atoms with E-state index >= 15 is 0 Å². The van der Waals surface area contributed by atoms with E-state index in [1.807, 2.05) is 37.3 Å². The van der Waals surface area contributed by atoms with Gasteiger partial charge in [0.25, 0.3) is 0 Å². The average Bonchev–Trinajstić information content (AvgIpc) is 3.16. The molecule has 0 spiro atoms. The highest BCUT2D eigenvalue weighted by Crippen LogP contribution is 2.36. The Balaban J connectivity index is 1.37. The zero-order valence-electron chi connectivity index (χ0n) is 17.6. The molecule has 0 atom stereocenters. The summed E-state index contributed by atoms with van der Waals surface area (Å²) in [5, 5.41) is 10.9. The number of para-hydroxylation sites is 1. The van der Waals surface area contributed by atoms with Crippen LogP contribution in [0.5, 0.6) is 5.75 Å². The Morgan fingerprint density at radius 1 is 0.938 bits per heavy atom. The fourth-order valence-corrected chi connectivity index (χ4v) is 3.59. The second kappa shape index (κ2) is 9.20. The van der Waals surface area contributed by atoms with Gasteiger partial charge in [-0.2, -0.15) is 0 Å². The van der Waals surface area contributed by atoms with Crippen LogP contribution < -0.4 is 20.7 Å². The Kier molecular flexibility index (Phi) is 6.18. The minimum Gasteiger partial charge on any atom is -0.495 e. The Morgan fingerprint density at radius 3 is 2.56 bits per heavy atom. The molecular formula is C24H22ClN3O4. The van der Waals surface area contributed by atoms with E-state index < -0.39 is 0 Å². The summed E-state index contributed by atoms with van der Waals surface area (Å²) in [6.07, 6.45) is 0. The standard InChI is InChI=1S/C24H22ClN3O4/c1-14-17(25)7-5-8-18(14)28-24(30)13-27-23(29)12-26-19-11-21-16(10-22(19)31-2)15-6-3-4-9-20(15)32-21/h3-11,26H,12-13H2,1-2H3,(H,27,29)(H,28,30). The predicted molar refractivity (Wildman–Crippen MR) is 127 cm³/mol. The Bertz CT molecular complexity index is 1320. The molecule has 8 heteroatoms. The fourth-order valence-electron chi connectivity index (χ4n) is 3.41. The van der Waals surface area contributed by atoms with Crippen molar-refractivity contribution in [1.82, 2.24) is 5.32 Å². The minimum atomic E-state index is -0.343. The van der Waals surface area contributed by atoms with Gasteiger partial charge in [-0.25, -0.2) is 0 Å². The van der Waals surface area contributed by atoms with E-state index in [1.165, 1.54) is 0 Å². The zero-order valence-corrected chi connectivity index (χ0v) is 18.4. The van der Waals surface area contributed by atoms with Crippen molar-refractivity contribution < 1.29 is 18.7 Å². The molecule has 7 nitrogen and oxygen atoms in total. The molecule has 0 saturated carbocycles. The van der Waals surface area contributed by atoms with E-state index in [2.05, 4.69) is 16.0 Å². The zero-order chi connectivity index (χ0) is 22.7. The molecule has 2 amide bonds. The quantitative estimate of drug-likeness (QED) is 0.378. The van der Waals surface area contributed by atoms with Crippen molar-refractivity contribution in [2.75, 3.05) is 30.8 Å². The summed E-state index contributed by atoms with van der Waals surface area (Å²) >= 11 is 6.06. The number of furan rings is 1. The molecule has 3 N–H and O–H groups in total. The molecule has 0 radical (unpaired) electrons. The van der Waals surface area contributed by atoms with Gasteiger partial charge in [-0.15, -0.1) is 0 Å². The van der Waals surface area contributed by atoms with Crippen molar-refractivity contribution in [3.63, 3.8) is 0 Å². The molecule has 0 aliphatic heterocycles. The van der Waals surface area contributed by atoms with Gasteiger partial charge in [0.1, 0.15) is 16.9 Å². The molecular weight excluding hydrogens is 430 g/mol. The van der Waals surface area contributed by atoms with Gasteiger partial charge in [0.15, 0.2) is 0 Å². The van der Waals surface area contributed by atoms with Crippen LogP contribution in [0.2, 0.25) is 5.02 Å². The monoisotopic (exact) mass is 451 g/mol. The summed E-state index contributed by atoms with van der Waals surface area (Å²) in [6, 6.07) is 16.7. The molecule has 3 aromatic carbocycles. The van der Waals surface area contributed by atoms with Crippen LogP contribution in [0, 0.1) is 6.92 Å². The molecule has 0 fully saturated rings. The van der Waals surface area contributed by atoms with Crippen LogP contribution in [0.1, 0.15) is 5.56 Å². The Labute approximate surface area is 189 Å². The van der Waals surface area contributed by atoms with Gasteiger partial charge in [0.2, 0.25) is 11.8 Å². The van der Waals surface area contributed by atoms with Crippen LogP contribution in [0.3, 0.4) is 0 Å². The first-order chi connectivity index (χ1) is 15.5.